The quantitative estimate of drug-likeness (QED) is 0.0106. The van der Waals surface area contributed by atoms with Crippen molar-refractivity contribution in [2.75, 3.05) is 13.2 Å². The van der Waals surface area contributed by atoms with Gasteiger partial charge in [0.25, 0.3) is 0 Å². The molecule has 0 bridgehead atoms. The molecule has 0 unspecified atom stereocenters. The van der Waals surface area contributed by atoms with Crippen LogP contribution in [0.25, 0.3) is 0 Å². The van der Waals surface area contributed by atoms with Crippen LogP contribution in [0.15, 0.2) is 0 Å². The SMILES string of the molecule is CCCCCCCCCCCCCCCCCC[OH+]CCCCCCCCCCCCCCCCCC.Fc1c(F)c(F)c([B-](c2c(F)c(F)c(F)c(F)c2F)(c2c(F)c(F)c(F)c(F)c2F)c2c(F)c(F)c(F)c(F)c2F)c(F)c1F. The first-order valence-electron chi connectivity index (χ1n) is 29.0. The second-order valence-electron chi connectivity index (χ2n) is 21.1. The number of unbranched alkanes of at least 4 members (excludes halogenated alkanes) is 30. The van der Waals surface area contributed by atoms with Crippen LogP contribution in [-0.4, -0.2) is 24.1 Å². The molecule has 0 aliphatic rings. The molecule has 0 saturated carbocycles. The standard InChI is InChI=1S/C36H74O.C24BF20/c1-3-5-7-9-11-13-15-17-19-21-23-25-27-29-31-33-35-37-36-34-32-30-28-26-24-22-20-18-16-14-12-10-8-6-4-2;26-5-1(6(27)14(35)21(42)13(5)34)25(2-7(28)15(36)22(43)16(37)8(2)29,3-9(30)17(38)23(44)18(39)10(3)31)4-11(32)19(40)24(45)20(41)12(4)33/h3-36H2,1-2H3;/q;-1/p+1. The largest absolute Gasteiger partial charge is 0.434 e. The lowest BCUT2D eigenvalue weighted by molar-refractivity contribution is -0.0415. The fourth-order valence-electron chi connectivity index (χ4n) is 10.5. The molecule has 0 aliphatic heterocycles. The van der Waals surface area contributed by atoms with Gasteiger partial charge < -0.3 is 4.74 Å². The van der Waals surface area contributed by atoms with Crippen molar-refractivity contribution in [1.82, 2.24) is 0 Å². The topological polar surface area (TPSA) is 12.8 Å². The first-order valence-corrected chi connectivity index (χ1v) is 29.0. The summed E-state index contributed by atoms with van der Waals surface area (Å²) >= 11 is 0. The molecule has 0 fully saturated rings. The fourth-order valence-corrected chi connectivity index (χ4v) is 10.5. The van der Waals surface area contributed by atoms with Gasteiger partial charge in [0, 0.05) is 12.8 Å². The van der Waals surface area contributed by atoms with E-state index in [1.807, 2.05) is 0 Å². The van der Waals surface area contributed by atoms with Gasteiger partial charge in [-0.2, -0.15) is 0 Å². The molecular weight excluding hydrogens is 1130 g/mol. The molecule has 0 saturated heterocycles. The molecule has 1 nitrogen and oxygen atoms in total. The van der Waals surface area contributed by atoms with Crippen LogP contribution < -0.4 is 21.9 Å². The van der Waals surface area contributed by atoms with Crippen LogP contribution in [0.2, 0.25) is 0 Å². The Labute approximate surface area is 468 Å². The summed E-state index contributed by atoms with van der Waals surface area (Å²) in [5, 5.41) is 0. The van der Waals surface area contributed by atoms with Gasteiger partial charge in [-0.15, -0.1) is 21.9 Å². The van der Waals surface area contributed by atoms with E-state index in [1.165, 1.54) is 205 Å². The normalized spacial score (nSPS) is 11.8. The second kappa shape index (κ2) is 37.0. The molecule has 1 N–H and O–H groups in total. The van der Waals surface area contributed by atoms with Crippen molar-refractivity contribution >= 4 is 28.0 Å². The first kappa shape index (κ1) is 71.8. The van der Waals surface area contributed by atoms with Gasteiger partial charge in [0.15, 0.2) is 69.8 Å². The third-order valence-corrected chi connectivity index (χ3v) is 15.0. The maximum absolute atomic E-state index is 15.4. The van der Waals surface area contributed by atoms with Crippen LogP contribution in [0.5, 0.6) is 0 Å². The molecule has 0 spiro atoms. The highest BCUT2D eigenvalue weighted by atomic mass is 19.2. The molecule has 0 radical (unpaired) electrons. The smallest absolute Gasteiger partial charge is 0.200 e. The number of benzene rings is 4. The van der Waals surface area contributed by atoms with Crippen LogP contribution >= 0.6 is 0 Å². The minimum Gasteiger partial charge on any atom is -0.434 e. The number of ether oxygens (including phenoxy) is 1. The van der Waals surface area contributed by atoms with Crippen molar-refractivity contribution in [1.29, 1.82) is 0 Å². The molecule has 0 atom stereocenters. The minimum absolute atomic E-state index is 1.12. The zero-order valence-corrected chi connectivity index (χ0v) is 46.6. The van der Waals surface area contributed by atoms with Crippen molar-refractivity contribution in [3.05, 3.63) is 116 Å². The van der Waals surface area contributed by atoms with Gasteiger partial charge in [0.2, 0.25) is 0 Å². The summed E-state index contributed by atoms with van der Waals surface area (Å²) in [6.45, 7) is 6.85. The Morgan fingerprint density at radius 3 is 0.451 bits per heavy atom. The highest BCUT2D eigenvalue weighted by molar-refractivity contribution is 7.20. The summed E-state index contributed by atoms with van der Waals surface area (Å²) in [6, 6.07) is 0. The van der Waals surface area contributed by atoms with Crippen molar-refractivity contribution in [2.24, 2.45) is 0 Å². The molecule has 82 heavy (non-hydrogen) atoms. The van der Waals surface area contributed by atoms with E-state index in [4.69, 9.17) is 4.74 Å². The number of aliphatic hydroxyl groups is 2. The van der Waals surface area contributed by atoms with Crippen LogP contribution in [0.4, 0.5) is 87.8 Å². The number of halogens is 20. The van der Waals surface area contributed by atoms with Gasteiger partial charge >= 0.3 is 0 Å². The zero-order chi connectivity index (χ0) is 61.1. The third kappa shape index (κ3) is 18.8. The van der Waals surface area contributed by atoms with Gasteiger partial charge in [-0.1, -0.05) is 194 Å². The number of rotatable bonds is 38. The Morgan fingerprint density at radius 1 is 0.183 bits per heavy atom. The molecule has 4 rings (SSSR count). The van der Waals surface area contributed by atoms with E-state index in [0.717, 1.165) is 13.2 Å². The molecule has 0 aromatic heterocycles. The molecule has 22 heteroatoms. The highest BCUT2D eigenvalue weighted by Gasteiger charge is 2.52. The average Bonchev–Trinajstić information content (AvgIpc) is 0.853. The van der Waals surface area contributed by atoms with Crippen molar-refractivity contribution in [2.45, 2.75) is 219 Å². The van der Waals surface area contributed by atoms with Crippen molar-refractivity contribution in [3.8, 4) is 0 Å². The van der Waals surface area contributed by atoms with E-state index in [9.17, 15) is 52.7 Å². The Morgan fingerprint density at radius 2 is 0.305 bits per heavy atom. The van der Waals surface area contributed by atoms with Crippen molar-refractivity contribution in [3.63, 3.8) is 0 Å². The summed E-state index contributed by atoms with van der Waals surface area (Å²) in [5.41, 5.74) is -14.3. The Bertz CT molecular complexity index is 2180. The predicted molar refractivity (Wildman–Crippen MR) is 280 cm³/mol. The Hall–Kier alpha value is -4.50. The summed E-state index contributed by atoms with van der Waals surface area (Å²) < 4.78 is 299. The van der Waals surface area contributed by atoms with E-state index in [1.54, 1.807) is 0 Å². The summed E-state index contributed by atoms with van der Waals surface area (Å²) in [5.74, 6) is -71.4. The van der Waals surface area contributed by atoms with E-state index in [0.29, 0.717) is 0 Å². The van der Waals surface area contributed by atoms with E-state index >= 15 is 35.1 Å². The van der Waals surface area contributed by atoms with Crippen LogP contribution in [0.3, 0.4) is 0 Å². The molecule has 0 aliphatic carbocycles. The Balaban J connectivity index is 0.000000440. The van der Waals surface area contributed by atoms with E-state index < -0.39 is 144 Å². The maximum Gasteiger partial charge on any atom is 0.200 e. The fraction of sp³-hybridized carbons (Fsp3) is 0.600. The lowest BCUT2D eigenvalue weighted by Gasteiger charge is -2.44. The van der Waals surface area contributed by atoms with E-state index in [-0.39, 0.29) is 0 Å². The molecule has 0 amide bonds. The summed E-state index contributed by atoms with van der Waals surface area (Å²) in [6.07, 6.45) is 39.2. The monoisotopic (exact) mass is 1200 g/mol. The van der Waals surface area contributed by atoms with Gasteiger partial charge in [-0.05, 0) is 12.8 Å². The number of hydrogen-bond donors (Lipinski definition) is 0. The lowest BCUT2D eigenvalue weighted by atomic mass is 9.12. The maximum atomic E-state index is 15.4. The molecule has 464 valence electrons. The number of hydrogen-bond acceptors (Lipinski definition) is 0. The van der Waals surface area contributed by atoms with Crippen LogP contribution in [-0.2, 0) is 0 Å². The molecule has 0 heterocycles. The van der Waals surface area contributed by atoms with Crippen LogP contribution in [0, 0.1) is 116 Å². The third-order valence-electron chi connectivity index (χ3n) is 15.0. The first-order chi connectivity index (χ1) is 39.1. The van der Waals surface area contributed by atoms with Crippen molar-refractivity contribution < 1.29 is 92.5 Å². The highest BCUT2D eigenvalue weighted by Crippen LogP contribution is 2.31. The Kier molecular flexibility index (Phi) is 32.4. The molecular formula is C60H75BF20O. The van der Waals surface area contributed by atoms with Gasteiger partial charge in [0.05, 0.1) is 0 Å². The van der Waals surface area contributed by atoms with Gasteiger partial charge in [0.1, 0.15) is 65.9 Å². The van der Waals surface area contributed by atoms with Crippen LogP contribution in [0.1, 0.15) is 219 Å². The van der Waals surface area contributed by atoms with Gasteiger partial charge in [-0.3, -0.25) is 0 Å². The van der Waals surface area contributed by atoms with Gasteiger partial charge in [-0.25, -0.2) is 87.8 Å². The van der Waals surface area contributed by atoms with E-state index in [2.05, 4.69) is 13.8 Å². The summed E-state index contributed by atoms with van der Waals surface area (Å²) in [4.78, 5) is 0. The lowest BCUT2D eigenvalue weighted by Crippen LogP contribution is -2.81. The zero-order valence-electron chi connectivity index (χ0n) is 46.6. The minimum atomic E-state index is -7.22. The molecule has 4 aromatic rings. The second-order valence-corrected chi connectivity index (χ2v) is 21.1. The summed E-state index contributed by atoms with van der Waals surface area (Å²) in [7, 11) is 0. The molecule has 4 aromatic carbocycles. The average molecular weight is 1200 g/mol. The predicted octanol–water partition coefficient (Wildman–Crippen LogP) is 18.9.